The number of hydrogen-bond acceptors (Lipinski definition) is 4. The summed E-state index contributed by atoms with van der Waals surface area (Å²) in [6.45, 7) is 4.03. The van der Waals surface area contributed by atoms with E-state index in [1.807, 2.05) is 12.3 Å². The van der Waals surface area contributed by atoms with Gasteiger partial charge in [-0.05, 0) is 50.6 Å². The predicted molar refractivity (Wildman–Crippen MR) is 73.7 cm³/mol. The molecule has 104 valence electrons. The van der Waals surface area contributed by atoms with Crippen molar-refractivity contribution in [2.75, 3.05) is 13.2 Å². The van der Waals surface area contributed by atoms with Gasteiger partial charge < -0.3 is 10.1 Å². The monoisotopic (exact) mass is 261 g/mol. The second kappa shape index (κ2) is 5.55. The number of ether oxygens (including phenoxy) is 1. The van der Waals surface area contributed by atoms with Crippen molar-refractivity contribution in [1.29, 1.82) is 0 Å². The zero-order valence-corrected chi connectivity index (χ0v) is 11.6. The van der Waals surface area contributed by atoms with Gasteiger partial charge in [-0.1, -0.05) is 6.92 Å². The molecule has 2 fully saturated rings. The molecule has 4 nitrogen and oxygen atoms in total. The summed E-state index contributed by atoms with van der Waals surface area (Å²) in [5.74, 6) is 0.629. The van der Waals surface area contributed by atoms with Gasteiger partial charge in [-0.3, -0.25) is 0 Å². The maximum atomic E-state index is 6.04. The Kier molecular flexibility index (Phi) is 3.80. The summed E-state index contributed by atoms with van der Waals surface area (Å²) in [5, 5.41) is 3.61. The molecule has 1 aromatic heterocycles. The van der Waals surface area contributed by atoms with Gasteiger partial charge in [-0.2, -0.15) is 0 Å². The first kappa shape index (κ1) is 13.0. The van der Waals surface area contributed by atoms with Crippen molar-refractivity contribution >= 4 is 0 Å². The van der Waals surface area contributed by atoms with Gasteiger partial charge >= 0.3 is 0 Å². The highest BCUT2D eigenvalue weighted by atomic mass is 16.5. The van der Waals surface area contributed by atoms with Crippen LogP contribution in [0.25, 0.3) is 0 Å². The third-order valence-corrected chi connectivity index (χ3v) is 4.61. The zero-order valence-electron chi connectivity index (χ0n) is 11.6. The van der Waals surface area contributed by atoms with Crippen molar-refractivity contribution < 1.29 is 4.74 Å². The second-order valence-electron chi connectivity index (χ2n) is 5.81. The number of aromatic nitrogens is 2. The van der Waals surface area contributed by atoms with Crippen LogP contribution in [0, 0.1) is 5.92 Å². The molecule has 1 aromatic rings. The van der Waals surface area contributed by atoms with Crippen molar-refractivity contribution in [2.45, 2.75) is 50.7 Å². The fourth-order valence-corrected chi connectivity index (χ4v) is 3.49. The van der Waals surface area contributed by atoms with E-state index in [4.69, 9.17) is 4.74 Å². The van der Waals surface area contributed by atoms with E-state index >= 15 is 0 Å². The highest BCUT2D eigenvalue weighted by Gasteiger charge is 2.44. The lowest BCUT2D eigenvalue weighted by molar-refractivity contribution is -0.147. The van der Waals surface area contributed by atoms with E-state index in [-0.39, 0.29) is 5.60 Å². The minimum absolute atomic E-state index is 0.198. The number of rotatable bonds is 4. The quantitative estimate of drug-likeness (QED) is 0.904. The van der Waals surface area contributed by atoms with Crippen LogP contribution in [0.2, 0.25) is 0 Å². The molecule has 1 aliphatic heterocycles. The van der Waals surface area contributed by atoms with E-state index in [1.165, 1.54) is 25.7 Å². The van der Waals surface area contributed by atoms with Crippen molar-refractivity contribution in [3.8, 4) is 0 Å². The largest absolute Gasteiger partial charge is 0.375 e. The van der Waals surface area contributed by atoms with Crippen LogP contribution in [0.4, 0.5) is 0 Å². The van der Waals surface area contributed by atoms with Crippen molar-refractivity contribution in [3.63, 3.8) is 0 Å². The average molecular weight is 261 g/mol. The molecule has 0 bridgehead atoms. The Labute approximate surface area is 115 Å². The molecule has 19 heavy (non-hydrogen) atoms. The fraction of sp³-hybridized carbons (Fsp3) is 0.733. The first-order valence-corrected chi connectivity index (χ1v) is 7.46. The van der Waals surface area contributed by atoms with Crippen LogP contribution >= 0.6 is 0 Å². The van der Waals surface area contributed by atoms with E-state index < -0.39 is 0 Å². The van der Waals surface area contributed by atoms with Gasteiger partial charge in [0.25, 0.3) is 0 Å². The maximum absolute atomic E-state index is 6.04. The topological polar surface area (TPSA) is 47.0 Å². The Morgan fingerprint density at radius 1 is 1.53 bits per heavy atom. The van der Waals surface area contributed by atoms with Gasteiger partial charge in [-0.25, -0.2) is 9.97 Å². The Hall–Kier alpha value is -1.00. The molecular formula is C15H23N3O. The molecule has 2 unspecified atom stereocenters. The molecule has 1 spiro atoms. The van der Waals surface area contributed by atoms with E-state index in [0.717, 1.165) is 25.3 Å². The number of hydrogen-bond donors (Lipinski definition) is 1. The summed E-state index contributed by atoms with van der Waals surface area (Å²) in [7, 11) is 0. The summed E-state index contributed by atoms with van der Waals surface area (Å²) >= 11 is 0. The maximum Gasteiger partial charge on any atom is 0.115 e. The second-order valence-corrected chi connectivity index (χ2v) is 5.81. The fourth-order valence-electron chi connectivity index (χ4n) is 3.49. The smallest absolute Gasteiger partial charge is 0.115 e. The zero-order chi connectivity index (χ0) is 13.1. The molecule has 2 heterocycles. The Morgan fingerprint density at radius 3 is 3.05 bits per heavy atom. The van der Waals surface area contributed by atoms with Crippen molar-refractivity contribution in [3.05, 3.63) is 24.3 Å². The van der Waals surface area contributed by atoms with Gasteiger partial charge in [0.1, 0.15) is 6.33 Å². The Balaban J connectivity index is 1.76. The van der Waals surface area contributed by atoms with Crippen LogP contribution in [0.5, 0.6) is 0 Å². The van der Waals surface area contributed by atoms with E-state index in [0.29, 0.717) is 12.0 Å². The molecule has 0 radical (unpaired) electrons. The summed E-state index contributed by atoms with van der Waals surface area (Å²) in [6, 6.07) is 2.38. The summed E-state index contributed by atoms with van der Waals surface area (Å²) in [4.78, 5) is 8.48. The van der Waals surface area contributed by atoms with Gasteiger partial charge in [0.2, 0.25) is 0 Å². The van der Waals surface area contributed by atoms with Crippen LogP contribution in [0.3, 0.4) is 0 Å². The van der Waals surface area contributed by atoms with Crippen molar-refractivity contribution in [1.82, 2.24) is 15.3 Å². The number of nitrogens with one attached hydrogen (secondary N) is 1. The third-order valence-electron chi connectivity index (χ3n) is 4.61. The molecule has 0 amide bonds. The van der Waals surface area contributed by atoms with E-state index in [9.17, 15) is 0 Å². The van der Waals surface area contributed by atoms with Crippen LogP contribution in [-0.2, 0) is 4.74 Å². The highest BCUT2D eigenvalue weighted by Crippen LogP contribution is 2.46. The van der Waals surface area contributed by atoms with Gasteiger partial charge in [0, 0.05) is 12.8 Å². The van der Waals surface area contributed by atoms with E-state index in [1.54, 1.807) is 6.33 Å². The molecule has 3 rings (SSSR count). The van der Waals surface area contributed by atoms with E-state index in [2.05, 4.69) is 22.2 Å². The molecule has 1 aliphatic carbocycles. The van der Waals surface area contributed by atoms with Gasteiger partial charge in [0.15, 0.2) is 0 Å². The summed E-state index contributed by atoms with van der Waals surface area (Å²) in [6.07, 6.45) is 9.60. The minimum Gasteiger partial charge on any atom is -0.375 e. The standard InChI is InChI=1S/C15H23N3O/c1-2-17-14(13-4-8-16-11-18-13)12-5-9-19-15(10-12)6-3-7-15/h4,8,11-12,14,17H,2-3,5-7,9-10H2,1H3. The summed E-state index contributed by atoms with van der Waals surface area (Å²) < 4.78 is 6.04. The molecule has 1 saturated heterocycles. The van der Waals surface area contributed by atoms with Crippen LogP contribution < -0.4 is 5.32 Å². The molecule has 1 N–H and O–H groups in total. The normalized spacial score (nSPS) is 26.9. The third kappa shape index (κ3) is 2.65. The summed E-state index contributed by atoms with van der Waals surface area (Å²) in [5.41, 5.74) is 1.32. The van der Waals surface area contributed by atoms with Crippen LogP contribution in [-0.4, -0.2) is 28.7 Å². The lowest BCUT2D eigenvalue weighted by Gasteiger charge is -2.48. The molecule has 2 atom stereocenters. The molecule has 2 aliphatic rings. The Bertz CT molecular complexity index is 405. The molecular weight excluding hydrogens is 238 g/mol. The van der Waals surface area contributed by atoms with Gasteiger partial charge in [-0.15, -0.1) is 0 Å². The molecule has 4 heteroatoms. The highest BCUT2D eigenvalue weighted by molar-refractivity contribution is 5.09. The first-order valence-electron chi connectivity index (χ1n) is 7.46. The first-order chi connectivity index (χ1) is 9.33. The molecule has 1 saturated carbocycles. The minimum atomic E-state index is 0.198. The SMILES string of the molecule is CCNC(c1ccncn1)C1CCOC2(CCC2)C1. The average Bonchev–Trinajstić information content (AvgIpc) is 2.44. The van der Waals surface area contributed by atoms with Gasteiger partial charge in [0.05, 0.1) is 17.3 Å². The number of nitrogens with zero attached hydrogens (tertiary/aromatic N) is 2. The van der Waals surface area contributed by atoms with Crippen LogP contribution in [0.15, 0.2) is 18.6 Å². The molecule has 0 aromatic carbocycles. The predicted octanol–water partition coefficient (Wildman–Crippen LogP) is 2.48. The Morgan fingerprint density at radius 2 is 2.42 bits per heavy atom. The van der Waals surface area contributed by atoms with Crippen molar-refractivity contribution in [2.24, 2.45) is 5.92 Å². The van der Waals surface area contributed by atoms with Crippen LogP contribution in [0.1, 0.15) is 50.8 Å². The lowest BCUT2D eigenvalue weighted by Crippen LogP contribution is -2.48. The lowest BCUT2D eigenvalue weighted by atomic mass is 9.70.